The molecule has 0 aliphatic rings. The Bertz CT molecular complexity index is 1130. The van der Waals surface area contributed by atoms with Gasteiger partial charge in [0.05, 0.1) is 19.1 Å². The number of anilines is 1. The first-order chi connectivity index (χ1) is 16.8. The van der Waals surface area contributed by atoms with E-state index in [9.17, 15) is 18.0 Å². The summed E-state index contributed by atoms with van der Waals surface area (Å²) in [6.45, 7) is 9.81. The van der Waals surface area contributed by atoms with E-state index >= 15 is 0 Å². The van der Waals surface area contributed by atoms with E-state index in [1.54, 1.807) is 31.4 Å². The van der Waals surface area contributed by atoms with Crippen LogP contribution in [0.25, 0.3) is 0 Å². The number of benzene rings is 2. The highest BCUT2D eigenvalue weighted by atomic mass is 32.2. The molecule has 2 aromatic rings. The summed E-state index contributed by atoms with van der Waals surface area (Å²) in [6, 6.07) is 11.9. The van der Waals surface area contributed by atoms with E-state index in [0.717, 1.165) is 27.3 Å². The highest BCUT2D eigenvalue weighted by molar-refractivity contribution is 7.92. The lowest BCUT2D eigenvalue weighted by Crippen LogP contribution is -2.52. The number of carbonyl (C=O) groups excluding carboxylic acids is 2. The van der Waals surface area contributed by atoms with E-state index in [4.69, 9.17) is 4.74 Å². The van der Waals surface area contributed by atoms with Crippen LogP contribution in [0.5, 0.6) is 5.75 Å². The summed E-state index contributed by atoms with van der Waals surface area (Å²) in [6.07, 6.45) is 1.46. The zero-order valence-electron chi connectivity index (χ0n) is 22.4. The number of hydrogen-bond acceptors (Lipinski definition) is 5. The Labute approximate surface area is 215 Å². The predicted octanol–water partition coefficient (Wildman–Crippen LogP) is 3.66. The summed E-state index contributed by atoms with van der Waals surface area (Å²) in [7, 11) is -2.19. The van der Waals surface area contributed by atoms with Crippen LogP contribution in [-0.2, 0) is 26.2 Å². The molecular formula is C27H39N3O5S. The fourth-order valence-corrected chi connectivity index (χ4v) is 4.81. The number of nitrogens with zero attached hydrogens (tertiary/aromatic N) is 2. The lowest BCUT2D eigenvalue weighted by atomic mass is 10.1. The average molecular weight is 518 g/mol. The summed E-state index contributed by atoms with van der Waals surface area (Å²) >= 11 is 0. The third-order valence-corrected chi connectivity index (χ3v) is 6.90. The number of ether oxygens (including phenoxy) is 1. The second-order valence-electron chi connectivity index (χ2n) is 9.55. The van der Waals surface area contributed by atoms with Crippen LogP contribution in [0.1, 0.15) is 43.9 Å². The Morgan fingerprint density at radius 1 is 1.03 bits per heavy atom. The quantitative estimate of drug-likeness (QED) is 0.464. The van der Waals surface area contributed by atoms with Crippen molar-refractivity contribution in [2.45, 2.75) is 53.6 Å². The molecule has 2 amide bonds. The van der Waals surface area contributed by atoms with E-state index in [2.05, 4.69) is 5.32 Å². The molecule has 1 atom stereocenters. The number of hydrogen-bond donors (Lipinski definition) is 1. The fraction of sp³-hybridized carbons (Fsp3) is 0.481. The number of methoxy groups -OCH3 is 1. The summed E-state index contributed by atoms with van der Waals surface area (Å²) in [5, 5.41) is 2.92. The summed E-state index contributed by atoms with van der Waals surface area (Å²) in [5.41, 5.74) is 3.00. The SMILES string of the molecule is CC[C@@H](C(=O)NCC(C)C)N(Cc1ccc(OC)cc1)C(=O)CN(c1cc(C)cc(C)c1)S(C)(=O)=O. The van der Waals surface area contributed by atoms with Gasteiger partial charge in [-0.3, -0.25) is 13.9 Å². The first-order valence-electron chi connectivity index (χ1n) is 12.1. The van der Waals surface area contributed by atoms with Crippen molar-refractivity contribution in [2.75, 3.05) is 30.8 Å². The number of sulfonamides is 1. The van der Waals surface area contributed by atoms with E-state index in [1.165, 1.54) is 4.90 Å². The number of nitrogens with one attached hydrogen (secondary N) is 1. The molecule has 2 aromatic carbocycles. The van der Waals surface area contributed by atoms with Crippen LogP contribution in [0, 0.1) is 19.8 Å². The molecule has 0 spiro atoms. The molecule has 0 saturated carbocycles. The van der Waals surface area contributed by atoms with Crippen LogP contribution in [0.4, 0.5) is 5.69 Å². The maximum Gasteiger partial charge on any atom is 0.244 e. The third-order valence-electron chi connectivity index (χ3n) is 5.76. The lowest BCUT2D eigenvalue weighted by Gasteiger charge is -2.33. The lowest BCUT2D eigenvalue weighted by molar-refractivity contribution is -0.140. The number of carbonyl (C=O) groups is 2. The van der Waals surface area contributed by atoms with Crippen molar-refractivity contribution in [3.63, 3.8) is 0 Å². The topological polar surface area (TPSA) is 96.0 Å². The van der Waals surface area contributed by atoms with Gasteiger partial charge in [0.1, 0.15) is 18.3 Å². The number of aryl methyl sites for hydroxylation is 2. The van der Waals surface area contributed by atoms with Gasteiger partial charge >= 0.3 is 0 Å². The monoisotopic (exact) mass is 517 g/mol. The summed E-state index contributed by atoms with van der Waals surface area (Å²) < 4.78 is 31.8. The van der Waals surface area contributed by atoms with Crippen molar-refractivity contribution >= 4 is 27.5 Å². The van der Waals surface area contributed by atoms with Crippen LogP contribution < -0.4 is 14.4 Å². The van der Waals surface area contributed by atoms with Crippen molar-refractivity contribution in [1.82, 2.24) is 10.2 Å². The Balaban J connectivity index is 2.44. The van der Waals surface area contributed by atoms with Gasteiger partial charge in [-0.25, -0.2) is 8.42 Å². The van der Waals surface area contributed by atoms with Crippen molar-refractivity contribution in [3.05, 3.63) is 59.2 Å². The normalized spacial score (nSPS) is 12.2. The molecule has 8 nitrogen and oxygen atoms in total. The standard InChI is InChI=1S/C27H39N3O5S/c1-8-25(27(32)28-16-19(2)3)29(17-22-9-11-24(35-6)12-10-22)26(31)18-30(36(7,33)34)23-14-20(4)13-21(5)15-23/h9-15,19,25H,8,16-18H2,1-7H3,(H,28,32)/t25-/m0/s1. The molecule has 9 heteroatoms. The largest absolute Gasteiger partial charge is 0.497 e. The minimum absolute atomic E-state index is 0.154. The zero-order chi connectivity index (χ0) is 27.0. The maximum atomic E-state index is 13.7. The molecule has 0 saturated heterocycles. The van der Waals surface area contributed by atoms with Gasteiger partial charge in [-0.2, -0.15) is 0 Å². The molecule has 0 radical (unpaired) electrons. The Morgan fingerprint density at radius 3 is 2.08 bits per heavy atom. The van der Waals surface area contributed by atoms with E-state index in [1.807, 2.05) is 52.8 Å². The van der Waals surface area contributed by atoms with Gasteiger partial charge in [-0.15, -0.1) is 0 Å². The van der Waals surface area contributed by atoms with Crippen molar-refractivity contribution in [1.29, 1.82) is 0 Å². The predicted molar refractivity (Wildman–Crippen MR) is 144 cm³/mol. The van der Waals surface area contributed by atoms with Crippen LogP contribution in [-0.4, -0.2) is 57.6 Å². The molecule has 0 fully saturated rings. The minimum Gasteiger partial charge on any atom is -0.497 e. The molecule has 36 heavy (non-hydrogen) atoms. The molecule has 1 N–H and O–H groups in total. The van der Waals surface area contributed by atoms with Crippen LogP contribution in [0.15, 0.2) is 42.5 Å². The number of amides is 2. The molecule has 2 rings (SSSR count). The van der Waals surface area contributed by atoms with E-state index in [0.29, 0.717) is 24.4 Å². The molecule has 198 valence electrons. The Kier molecular flexibility index (Phi) is 10.3. The van der Waals surface area contributed by atoms with Gasteiger partial charge in [-0.05, 0) is 67.1 Å². The van der Waals surface area contributed by atoms with Crippen LogP contribution in [0.3, 0.4) is 0 Å². The molecular weight excluding hydrogens is 478 g/mol. The first-order valence-corrected chi connectivity index (χ1v) is 14.0. The third kappa shape index (κ3) is 8.26. The molecule has 0 aliphatic carbocycles. The molecule has 0 aliphatic heterocycles. The fourth-order valence-electron chi connectivity index (χ4n) is 3.98. The first kappa shape index (κ1) is 29.2. The van der Waals surface area contributed by atoms with Gasteiger partial charge in [0.15, 0.2) is 0 Å². The van der Waals surface area contributed by atoms with Gasteiger partial charge in [0.25, 0.3) is 0 Å². The van der Waals surface area contributed by atoms with Gasteiger partial charge in [-0.1, -0.05) is 39.0 Å². The molecule has 0 unspecified atom stereocenters. The van der Waals surface area contributed by atoms with Gasteiger partial charge < -0.3 is 15.0 Å². The minimum atomic E-state index is -3.77. The molecule has 0 aromatic heterocycles. The summed E-state index contributed by atoms with van der Waals surface area (Å²) in [4.78, 5) is 28.3. The van der Waals surface area contributed by atoms with Crippen LogP contribution in [0.2, 0.25) is 0 Å². The van der Waals surface area contributed by atoms with Crippen molar-refractivity contribution in [3.8, 4) is 5.75 Å². The van der Waals surface area contributed by atoms with E-state index < -0.39 is 28.5 Å². The second kappa shape index (κ2) is 12.8. The number of rotatable bonds is 12. The molecule has 0 heterocycles. The van der Waals surface area contributed by atoms with Crippen molar-refractivity contribution in [2.24, 2.45) is 5.92 Å². The average Bonchev–Trinajstić information content (AvgIpc) is 2.79. The molecule has 0 bridgehead atoms. The highest BCUT2D eigenvalue weighted by Gasteiger charge is 2.31. The maximum absolute atomic E-state index is 13.7. The second-order valence-corrected chi connectivity index (χ2v) is 11.5. The Hall–Kier alpha value is -3.07. The van der Waals surface area contributed by atoms with Crippen LogP contribution >= 0.6 is 0 Å². The van der Waals surface area contributed by atoms with Crippen molar-refractivity contribution < 1.29 is 22.7 Å². The summed E-state index contributed by atoms with van der Waals surface area (Å²) in [5.74, 6) is 0.214. The van der Waals surface area contributed by atoms with Gasteiger partial charge in [0, 0.05) is 13.1 Å². The zero-order valence-corrected chi connectivity index (χ0v) is 23.2. The Morgan fingerprint density at radius 2 is 1.61 bits per heavy atom. The smallest absolute Gasteiger partial charge is 0.244 e. The van der Waals surface area contributed by atoms with E-state index in [-0.39, 0.29) is 18.4 Å². The highest BCUT2D eigenvalue weighted by Crippen LogP contribution is 2.23. The van der Waals surface area contributed by atoms with Gasteiger partial charge in [0.2, 0.25) is 21.8 Å².